The molecule has 0 unspecified atom stereocenters. The summed E-state index contributed by atoms with van der Waals surface area (Å²) in [6.07, 6.45) is 1.16. The molecule has 8 nitrogen and oxygen atoms in total. The number of hydrogen-bond donors (Lipinski definition) is 3. The van der Waals surface area contributed by atoms with Crippen LogP contribution in [0.3, 0.4) is 0 Å². The van der Waals surface area contributed by atoms with Gasteiger partial charge in [-0.2, -0.15) is 0 Å². The molecule has 0 aliphatic carbocycles. The zero-order chi connectivity index (χ0) is 20.8. The topological polar surface area (TPSA) is 128 Å². The van der Waals surface area contributed by atoms with Crippen molar-refractivity contribution in [3.05, 3.63) is 35.9 Å². The van der Waals surface area contributed by atoms with Crippen LogP contribution in [-0.4, -0.2) is 36.3 Å². The number of nitrogens with one attached hydrogen (secondary N) is 2. The average molecular weight is 391 g/mol. The summed E-state index contributed by atoms with van der Waals surface area (Å²) in [4.78, 5) is 46.9. The molecule has 4 N–H and O–H groups in total. The summed E-state index contributed by atoms with van der Waals surface area (Å²) in [6.45, 7) is 2.37. The Morgan fingerprint density at radius 3 is 2.43 bits per heavy atom. The van der Waals surface area contributed by atoms with Crippen molar-refractivity contribution < 1.29 is 23.9 Å². The SMILES string of the molecule is CCCC(=O)NCCCC(=O)[C@H](CCC(N)=O)NC(=O)OCc1ccccc1. The first-order valence-corrected chi connectivity index (χ1v) is 9.47. The first-order valence-electron chi connectivity index (χ1n) is 9.47. The molecule has 0 aromatic heterocycles. The van der Waals surface area contributed by atoms with Gasteiger partial charge in [0.1, 0.15) is 6.61 Å². The van der Waals surface area contributed by atoms with E-state index in [4.69, 9.17) is 10.5 Å². The highest BCUT2D eigenvalue weighted by Crippen LogP contribution is 2.06. The molecule has 1 atom stereocenters. The van der Waals surface area contributed by atoms with Crippen LogP contribution in [0, 0.1) is 0 Å². The Hall–Kier alpha value is -2.90. The van der Waals surface area contributed by atoms with E-state index in [-0.39, 0.29) is 37.6 Å². The van der Waals surface area contributed by atoms with Crippen molar-refractivity contribution in [3.8, 4) is 0 Å². The minimum absolute atomic E-state index is 0.0252. The van der Waals surface area contributed by atoms with Crippen molar-refractivity contribution in [2.24, 2.45) is 5.73 Å². The molecular formula is C20H29N3O5. The van der Waals surface area contributed by atoms with E-state index in [1.54, 1.807) is 0 Å². The molecule has 0 heterocycles. The van der Waals surface area contributed by atoms with Gasteiger partial charge in [-0.05, 0) is 24.8 Å². The maximum Gasteiger partial charge on any atom is 0.408 e. The van der Waals surface area contributed by atoms with Crippen molar-refractivity contribution in [2.75, 3.05) is 6.54 Å². The predicted molar refractivity (Wildman–Crippen MR) is 104 cm³/mol. The molecule has 1 aromatic rings. The number of carbonyl (C=O) groups excluding carboxylic acids is 4. The highest BCUT2D eigenvalue weighted by molar-refractivity contribution is 5.88. The standard InChI is InChI=1S/C20H29N3O5/c1-2-7-19(26)22-13-6-10-17(24)16(11-12-18(21)25)23-20(27)28-14-15-8-4-3-5-9-15/h3-5,8-9,16H,2,6-7,10-14H2,1H3,(H2,21,25)(H,22,26)(H,23,27)/t16-/m0/s1. The molecule has 0 saturated heterocycles. The first-order chi connectivity index (χ1) is 13.4. The van der Waals surface area contributed by atoms with E-state index in [1.165, 1.54) is 0 Å². The molecule has 0 saturated carbocycles. The number of nitrogens with two attached hydrogens (primary N) is 1. The maximum atomic E-state index is 12.4. The van der Waals surface area contributed by atoms with Crippen molar-refractivity contribution in [1.82, 2.24) is 10.6 Å². The second-order valence-electron chi connectivity index (χ2n) is 6.43. The molecule has 154 valence electrons. The Bertz CT molecular complexity index is 649. The van der Waals surface area contributed by atoms with Crippen molar-refractivity contribution >= 4 is 23.7 Å². The van der Waals surface area contributed by atoms with Gasteiger partial charge in [0.05, 0.1) is 6.04 Å². The fourth-order valence-electron chi connectivity index (χ4n) is 2.49. The smallest absolute Gasteiger partial charge is 0.408 e. The molecule has 8 heteroatoms. The lowest BCUT2D eigenvalue weighted by atomic mass is 10.0. The van der Waals surface area contributed by atoms with Crippen LogP contribution in [0.4, 0.5) is 4.79 Å². The van der Waals surface area contributed by atoms with E-state index in [0.717, 1.165) is 12.0 Å². The Kier molecular flexibility index (Phi) is 11.0. The summed E-state index contributed by atoms with van der Waals surface area (Å²) in [5.74, 6) is -0.838. The summed E-state index contributed by atoms with van der Waals surface area (Å²) in [5, 5.41) is 5.24. The van der Waals surface area contributed by atoms with Gasteiger partial charge in [0, 0.05) is 25.8 Å². The summed E-state index contributed by atoms with van der Waals surface area (Å²) < 4.78 is 5.12. The quantitative estimate of drug-likeness (QED) is 0.442. The molecule has 1 aromatic carbocycles. The number of ketones is 1. The normalized spacial score (nSPS) is 11.3. The van der Waals surface area contributed by atoms with E-state index in [1.807, 2.05) is 37.3 Å². The summed E-state index contributed by atoms with van der Waals surface area (Å²) >= 11 is 0. The zero-order valence-electron chi connectivity index (χ0n) is 16.2. The fraction of sp³-hybridized carbons (Fsp3) is 0.500. The first kappa shape index (κ1) is 23.1. The van der Waals surface area contributed by atoms with E-state index in [0.29, 0.717) is 19.4 Å². The monoisotopic (exact) mass is 391 g/mol. The van der Waals surface area contributed by atoms with Gasteiger partial charge in [-0.1, -0.05) is 37.3 Å². The number of benzene rings is 1. The van der Waals surface area contributed by atoms with Crippen LogP contribution in [0.2, 0.25) is 0 Å². The van der Waals surface area contributed by atoms with E-state index in [2.05, 4.69) is 10.6 Å². The van der Waals surface area contributed by atoms with Gasteiger partial charge in [0.25, 0.3) is 0 Å². The predicted octanol–water partition coefficient (Wildman–Crippen LogP) is 1.81. The van der Waals surface area contributed by atoms with Crippen molar-refractivity contribution in [3.63, 3.8) is 0 Å². The fourth-order valence-corrected chi connectivity index (χ4v) is 2.49. The summed E-state index contributed by atoms with van der Waals surface area (Å²) in [6, 6.07) is 8.28. The highest BCUT2D eigenvalue weighted by atomic mass is 16.5. The molecule has 28 heavy (non-hydrogen) atoms. The Balaban J connectivity index is 2.46. The highest BCUT2D eigenvalue weighted by Gasteiger charge is 2.21. The van der Waals surface area contributed by atoms with E-state index < -0.39 is 18.0 Å². The van der Waals surface area contributed by atoms with Crippen LogP contribution in [0.5, 0.6) is 0 Å². The third kappa shape index (κ3) is 10.3. The van der Waals surface area contributed by atoms with Crippen LogP contribution in [0.25, 0.3) is 0 Å². The Morgan fingerprint density at radius 2 is 1.79 bits per heavy atom. The van der Waals surface area contributed by atoms with E-state index >= 15 is 0 Å². The second-order valence-corrected chi connectivity index (χ2v) is 6.43. The van der Waals surface area contributed by atoms with Gasteiger partial charge in [0.2, 0.25) is 11.8 Å². The van der Waals surface area contributed by atoms with Crippen LogP contribution in [0.1, 0.15) is 51.0 Å². The Morgan fingerprint density at radius 1 is 1.07 bits per heavy atom. The number of Topliss-reactive ketones (excluding diaryl/α,β-unsaturated/α-hetero) is 1. The molecular weight excluding hydrogens is 362 g/mol. The number of carbonyl (C=O) groups is 4. The molecule has 0 fully saturated rings. The van der Waals surface area contributed by atoms with Crippen LogP contribution in [0.15, 0.2) is 30.3 Å². The second kappa shape index (κ2) is 13.3. The molecule has 1 rings (SSSR count). The molecule has 0 bridgehead atoms. The van der Waals surface area contributed by atoms with Crippen LogP contribution in [-0.2, 0) is 25.7 Å². The third-order valence-electron chi connectivity index (χ3n) is 3.97. The molecule has 0 spiro atoms. The number of rotatable bonds is 13. The molecule has 0 aliphatic heterocycles. The van der Waals surface area contributed by atoms with Gasteiger partial charge in [-0.3, -0.25) is 14.4 Å². The largest absolute Gasteiger partial charge is 0.445 e. The third-order valence-corrected chi connectivity index (χ3v) is 3.97. The lowest BCUT2D eigenvalue weighted by molar-refractivity contribution is -0.123. The lowest BCUT2D eigenvalue weighted by Crippen LogP contribution is -2.42. The lowest BCUT2D eigenvalue weighted by Gasteiger charge is -2.17. The molecule has 3 amide bonds. The van der Waals surface area contributed by atoms with Gasteiger partial charge < -0.3 is 21.1 Å². The van der Waals surface area contributed by atoms with Gasteiger partial charge in [-0.15, -0.1) is 0 Å². The van der Waals surface area contributed by atoms with Crippen molar-refractivity contribution in [2.45, 2.75) is 58.1 Å². The number of hydrogen-bond acceptors (Lipinski definition) is 5. The van der Waals surface area contributed by atoms with Crippen molar-refractivity contribution in [1.29, 1.82) is 0 Å². The number of alkyl carbamates (subject to hydrolysis) is 1. The number of amides is 3. The Labute approximate surface area is 165 Å². The van der Waals surface area contributed by atoms with E-state index in [9.17, 15) is 19.2 Å². The van der Waals surface area contributed by atoms with Gasteiger partial charge in [0.15, 0.2) is 5.78 Å². The number of ether oxygens (including phenoxy) is 1. The van der Waals surface area contributed by atoms with Gasteiger partial charge in [-0.25, -0.2) is 4.79 Å². The minimum atomic E-state index is -0.859. The summed E-state index contributed by atoms with van der Waals surface area (Å²) in [5.41, 5.74) is 5.97. The maximum absolute atomic E-state index is 12.4. The van der Waals surface area contributed by atoms with Crippen LogP contribution >= 0.6 is 0 Å². The number of primary amides is 1. The van der Waals surface area contributed by atoms with Gasteiger partial charge >= 0.3 is 6.09 Å². The van der Waals surface area contributed by atoms with Crippen LogP contribution < -0.4 is 16.4 Å². The molecule has 0 radical (unpaired) electrons. The minimum Gasteiger partial charge on any atom is -0.445 e. The average Bonchev–Trinajstić information content (AvgIpc) is 2.67. The summed E-state index contributed by atoms with van der Waals surface area (Å²) in [7, 11) is 0. The molecule has 0 aliphatic rings. The zero-order valence-corrected chi connectivity index (χ0v) is 16.2.